The van der Waals surface area contributed by atoms with Crippen LogP contribution >= 0.6 is 11.6 Å². The van der Waals surface area contributed by atoms with Crippen LogP contribution in [-0.2, 0) is 10.2 Å². The van der Waals surface area contributed by atoms with Gasteiger partial charge in [0, 0.05) is 10.7 Å². The van der Waals surface area contributed by atoms with Gasteiger partial charge in [0.15, 0.2) is 0 Å². The van der Waals surface area contributed by atoms with Crippen LogP contribution in [0.5, 0.6) is 0 Å². The highest BCUT2D eigenvalue weighted by atomic mass is 35.5. The highest BCUT2D eigenvalue weighted by Crippen LogP contribution is 2.51. The van der Waals surface area contributed by atoms with Crippen LogP contribution in [0.25, 0.3) is 0 Å². The third kappa shape index (κ3) is 2.51. The molecule has 1 fully saturated rings. The van der Waals surface area contributed by atoms with Crippen LogP contribution < -0.4 is 5.32 Å². The zero-order valence-electron chi connectivity index (χ0n) is 11.3. The fourth-order valence-electron chi connectivity index (χ4n) is 2.51. The smallest absolute Gasteiger partial charge is 0.235 e. The molecule has 2 aromatic carbocycles. The molecular weight excluding hydrogens is 284 g/mol. The van der Waals surface area contributed by atoms with Crippen molar-refractivity contribution in [1.82, 2.24) is 0 Å². The number of nitriles is 1. The van der Waals surface area contributed by atoms with Gasteiger partial charge in [-0.3, -0.25) is 4.79 Å². The number of carbonyl (C=O) groups is 1. The highest BCUT2D eigenvalue weighted by Gasteiger charge is 2.52. The molecule has 3 rings (SSSR count). The van der Waals surface area contributed by atoms with E-state index in [4.69, 9.17) is 16.9 Å². The maximum Gasteiger partial charge on any atom is 0.235 e. The molecule has 0 bridgehead atoms. The third-order valence-electron chi connectivity index (χ3n) is 3.82. The summed E-state index contributed by atoms with van der Waals surface area (Å²) >= 11 is 6.22. The van der Waals surface area contributed by atoms with E-state index in [-0.39, 0.29) is 5.91 Å². The van der Waals surface area contributed by atoms with Crippen molar-refractivity contribution >= 4 is 23.2 Å². The van der Waals surface area contributed by atoms with Gasteiger partial charge < -0.3 is 5.32 Å². The number of benzene rings is 2. The summed E-state index contributed by atoms with van der Waals surface area (Å²) in [4.78, 5) is 12.6. The first-order valence-corrected chi connectivity index (χ1v) is 7.10. The molecule has 0 aliphatic heterocycles. The lowest BCUT2D eigenvalue weighted by atomic mass is 9.94. The second-order valence-electron chi connectivity index (χ2n) is 5.21. The summed E-state index contributed by atoms with van der Waals surface area (Å²) in [5.41, 5.74) is 1.51. The first-order valence-electron chi connectivity index (χ1n) is 6.72. The fraction of sp³-hybridized carbons (Fsp3) is 0.176. The van der Waals surface area contributed by atoms with Gasteiger partial charge in [-0.25, -0.2) is 0 Å². The van der Waals surface area contributed by atoms with Crippen LogP contribution in [0.4, 0.5) is 5.69 Å². The zero-order valence-corrected chi connectivity index (χ0v) is 12.0. The number of carbonyl (C=O) groups excluding carboxylic acids is 1. The van der Waals surface area contributed by atoms with Gasteiger partial charge in [0.1, 0.15) is 0 Å². The van der Waals surface area contributed by atoms with Crippen molar-refractivity contribution in [1.29, 1.82) is 5.26 Å². The van der Waals surface area contributed by atoms with E-state index in [0.29, 0.717) is 16.3 Å². The van der Waals surface area contributed by atoms with Crippen molar-refractivity contribution in [2.75, 3.05) is 5.32 Å². The zero-order chi connectivity index (χ0) is 14.9. The summed E-state index contributed by atoms with van der Waals surface area (Å²) in [5, 5.41) is 12.4. The van der Waals surface area contributed by atoms with E-state index >= 15 is 0 Å². The Hall–Kier alpha value is -2.31. The van der Waals surface area contributed by atoms with Crippen molar-refractivity contribution in [3.8, 4) is 6.07 Å². The van der Waals surface area contributed by atoms with Crippen LogP contribution in [0.2, 0.25) is 5.02 Å². The van der Waals surface area contributed by atoms with E-state index < -0.39 is 5.41 Å². The Labute approximate surface area is 128 Å². The van der Waals surface area contributed by atoms with Gasteiger partial charge in [-0.1, -0.05) is 35.9 Å². The quantitative estimate of drug-likeness (QED) is 0.934. The molecule has 3 nitrogen and oxygen atoms in total. The lowest BCUT2D eigenvalue weighted by molar-refractivity contribution is -0.118. The van der Waals surface area contributed by atoms with Gasteiger partial charge in [0.05, 0.1) is 17.0 Å². The van der Waals surface area contributed by atoms with Crippen LogP contribution in [0.1, 0.15) is 24.0 Å². The van der Waals surface area contributed by atoms with Gasteiger partial charge in [0.25, 0.3) is 0 Å². The fourth-order valence-corrected chi connectivity index (χ4v) is 2.83. The normalized spacial score (nSPS) is 15.0. The SMILES string of the molecule is N#Cc1cccc(NC(=O)C2(c3ccccc3Cl)CC2)c1. The Bertz CT molecular complexity index is 744. The Morgan fingerprint density at radius 3 is 2.62 bits per heavy atom. The van der Waals surface area contributed by atoms with Crippen molar-refractivity contribution < 1.29 is 4.79 Å². The second-order valence-corrected chi connectivity index (χ2v) is 5.62. The summed E-state index contributed by atoms with van der Waals surface area (Å²) in [7, 11) is 0. The maximum atomic E-state index is 12.6. The minimum Gasteiger partial charge on any atom is -0.325 e. The molecular formula is C17H13ClN2O. The largest absolute Gasteiger partial charge is 0.325 e. The standard InChI is InChI=1S/C17H13ClN2O/c18-15-7-2-1-6-14(15)17(8-9-17)16(21)20-13-5-3-4-12(10-13)11-19/h1-7,10H,8-9H2,(H,20,21). The lowest BCUT2D eigenvalue weighted by Crippen LogP contribution is -2.28. The molecule has 4 heteroatoms. The van der Waals surface area contributed by atoms with Gasteiger partial charge in [-0.05, 0) is 42.7 Å². The van der Waals surface area contributed by atoms with Gasteiger partial charge in [0.2, 0.25) is 5.91 Å². The molecule has 0 unspecified atom stereocenters. The van der Waals surface area contributed by atoms with E-state index in [1.54, 1.807) is 30.3 Å². The lowest BCUT2D eigenvalue weighted by Gasteiger charge is -2.17. The van der Waals surface area contributed by atoms with Gasteiger partial charge in [-0.2, -0.15) is 5.26 Å². The summed E-state index contributed by atoms with van der Waals surface area (Å²) in [6.45, 7) is 0. The molecule has 1 N–H and O–H groups in total. The van der Waals surface area contributed by atoms with Gasteiger partial charge >= 0.3 is 0 Å². The molecule has 0 atom stereocenters. The molecule has 0 aromatic heterocycles. The summed E-state index contributed by atoms with van der Waals surface area (Å²) in [5.74, 6) is -0.0642. The Morgan fingerprint density at radius 1 is 1.19 bits per heavy atom. The number of hydrogen-bond donors (Lipinski definition) is 1. The first kappa shape index (κ1) is 13.7. The van der Waals surface area contributed by atoms with Crippen molar-refractivity contribution in [2.45, 2.75) is 18.3 Å². The number of anilines is 1. The predicted molar refractivity (Wildman–Crippen MR) is 82.2 cm³/mol. The number of nitrogens with zero attached hydrogens (tertiary/aromatic N) is 1. The number of hydrogen-bond acceptors (Lipinski definition) is 2. The van der Waals surface area contributed by atoms with Crippen LogP contribution in [0.3, 0.4) is 0 Å². The third-order valence-corrected chi connectivity index (χ3v) is 4.15. The molecule has 0 heterocycles. The van der Waals surface area contributed by atoms with E-state index in [9.17, 15) is 4.79 Å². The molecule has 2 aromatic rings. The number of rotatable bonds is 3. The molecule has 0 saturated heterocycles. The topological polar surface area (TPSA) is 52.9 Å². The van der Waals surface area contributed by atoms with Crippen LogP contribution in [-0.4, -0.2) is 5.91 Å². The summed E-state index contributed by atoms with van der Waals surface area (Å²) in [6.07, 6.45) is 1.58. The van der Waals surface area contributed by atoms with E-state index in [2.05, 4.69) is 11.4 Å². The molecule has 0 spiro atoms. The Balaban J connectivity index is 1.86. The predicted octanol–water partition coefficient (Wildman–Crippen LogP) is 3.88. The van der Waals surface area contributed by atoms with Gasteiger partial charge in [-0.15, -0.1) is 0 Å². The monoisotopic (exact) mass is 296 g/mol. The molecule has 21 heavy (non-hydrogen) atoms. The van der Waals surface area contributed by atoms with E-state index in [1.165, 1.54) is 0 Å². The average molecular weight is 297 g/mol. The van der Waals surface area contributed by atoms with Crippen molar-refractivity contribution in [3.63, 3.8) is 0 Å². The van der Waals surface area contributed by atoms with E-state index in [1.807, 2.05) is 18.2 Å². The minimum atomic E-state index is -0.527. The minimum absolute atomic E-state index is 0.0642. The van der Waals surface area contributed by atoms with E-state index in [0.717, 1.165) is 18.4 Å². The number of amides is 1. The van der Waals surface area contributed by atoms with Crippen molar-refractivity contribution in [3.05, 3.63) is 64.7 Å². The Morgan fingerprint density at radius 2 is 1.95 bits per heavy atom. The van der Waals surface area contributed by atoms with Crippen LogP contribution in [0, 0.1) is 11.3 Å². The molecule has 1 aliphatic carbocycles. The first-order chi connectivity index (χ1) is 10.2. The summed E-state index contributed by atoms with van der Waals surface area (Å²) in [6, 6.07) is 16.4. The Kier molecular flexibility index (Phi) is 3.40. The highest BCUT2D eigenvalue weighted by molar-refractivity contribution is 6.32. The number of halogens is 1. The molecule has 1 saturated carbocycles. The molecule has 1 amide bonds. The summed E-state index contributed by atoms with van der Waals surface area (Å²) < 4.78 is 0. The number of nitrogens with one attached hydrogen (secondary N) is 1. The van der Waals surface area contributed by atoms with Crippen LogP contribution in [0.15, 0.2) is 48.5 Å². The molecule has 1 aliphatic rings. The second kappa shape index (κ2) is 5.23. The average Bonchev–Trinajstić information content (AvgIpc) is 3.29. The maximum absolute atomic E-state index is 12.6. The molecule has 0 radical (unpaired) electrons. The van der Waals surface area contributed by atoms with Crippen molar-refractivity contribution in [2.24, 2.45) is 0 Å². The molecule has 104 valence electrons.